The van der Waals surface area contributed by atoms with Crippen LogP contribution in [0.3, 0.4) is 0 Å². The molecule has 138 valence electrons. The Balaban J connectivity index is 1.83. The zero-order valence-electron chi connectivity index (χ0n) is 14.6. The fraction of sp³-hybridized carbons (Fsp3) is 0.190. The summed E-state index contributed by atoms with van der Waals surface area (Å²) in [6.07, 6.45) is 3.41. The minimum absolute atomic E-state index is 0.0658. The predicted molar refractivity (Wildman–Crippen MR) is 105 cm³/mol. The SMILES string of the molecule is O=C(O)c1c(NS(=O)(=O)c2cccc3ccccc23)ccc2c1CCCC2. The van der Waals surface area contributed by atoms with Gasteiger partial charge in [-0.05, 0) is 54.3 Å². The lowest BCUT2D eigenvalue weighted by Crippen LogP contribution is -2.19. The molecule has 0 amide bonds. The summed E-state index contributed by atoms with van der Waals surface area (Å²) in [7, 11) is -3.94. The van der Waals surface area contributed by atoms with Crippen LogP contribution in [0, 0.1) is 0 Å². The fourth-order valence-corrected chi connectivity index (χ4v) is 5.09. The van der Waals surface area contributed by atoms with Gasteiger partial charge in [-0.15, -0.1) is 0 Å². The lowest BCUT2D eigenvalue weighted by Gasteiger charge is -2.21. The zero-order chi connectivity index (χ0) is 19.0. The highest BCUT2D eigenvalue weighted by atomic mass is 32.2. The number of nitrogens with one attached hydrogen (secondary N) is 1. The first-order valence-electron chi connectivity index (χ1n) is 8.86. The summed E-state index contributed by atoms with van der Waals surface area (Å²) < 4.78 is 28.6. The van der Waals surface area contributed by atoms with E-state index in [-0.39, 0.29) is 16.1 Å². The van der Waals surface area contributed by atoms with Crippen LogP contribution in [0.5, 0.6) is 0 Å². The lowest BCUT2D eigenvalue weighted by molar-refractivity contribution is 0.0696. The van der Waals surface area contributed by atoms with Crippen LogP contribution in [-0.2, 0) is 22.9 Å². The van der Waals surface area contributed by atoms with Gasteiger partial charge in [-0.25, -0.2) is 13.2 Å². The van der Waals surface area contributed by atoms with Gasteiger partial charge < -0.3 is 5.11 Å². The highest BCUT2D eigenvalue weighted by Gasteiger charge is 2.25. The van der Waals surface area contributed by atoms with Crippen molar-refractivity contribution < 1.29 is 18.3 Å². The molecule has 0 saturated carbocycles. The Bertz CT molecular complexity index is 1150. The molecule has 0 heterocycles. The van der Waals surface area contributed by atoms with Crippen LogP contribution in [0.25, 0.3) is 10.8 Å². The van der Waals surface area contributed by atoms with Crippen molar-refractivity contribution in [3.05, 3.63) is 71.3 Å². The van der Waals surface area contributed by atoms with Crippen LogP contribution >= 0.6 is 0 Å². The van der Waals surface area contributed by atoms with Crippen molar-refractivity contribution >= 4 is 32.5 Å². The van der Waals surface area contributed by atoms with Crippen molar-refractivity contribution in [1.29, 1.82) is 0 Å². The average Bonchev–Trinajstić information content (AvgIpc) is 2.66. The summed E-state index contributed by atoms with van der Waals surface area (Å²) in [6, 6.07) is 15.7. The second kappa shape index (κ2) is 6.70. The van der Waals surface area contributed by atoms with Gasteiger partial charge in [0.15, 0.2) is 0 Å². The number of benzene rings is 3. The first kappa shape index (κ1) is 17.5. The highest BCUT2D eigenvalue weighted by molar-refractivity contribution is 7.93. The van der Waals surface area contributed by atoms with E-state index < -0.39 is 16.0 Å². The number of carboxylic acids is 1. The maximum atomic E-state index is 13.1. The molecule has 27 heavy (non-hydrogen) atoms. The summed E-state index contributed by atoms with van der Waals surface area (Å²) in [6.45, 7) is 0. The fourth-order valence-electron chi connectivity index (χ4n) is 3.79. The Morgan fingerprint density at radius 1 is 0.926 bits per heavy atom. The molecule has 1 aliphatic carbocycles. The molecule has 4 rings (SSSR count). The molecule has 3 aromatic carbocycles. The second-order valence-corrected chi connectivity index (χ2v) is 8.37. The number of carboxylic acid groups (broad SMARTS) is 1. The third kappa shape index (κ3) is 3.17. The number of sulfonamides is 1. The van der Waals surface area contributed by atoms with Gasteiger partial charge in [-0.3, -0.25) is 4.72 Å². The third-order valence-electron chi connectivity index (χ3n) is 5.03. The van der Waals surface area contributed by atoms with Crippen molar-refractivity contribution in [2.75, 3.05) is 4.72 Å². The van der Waals surface area contributed by atoms with Gasteiger partial charge >= 0.3 is 5.97 Å². The molecule has 1 aliphatic rings. The quantitative estimate of drug-likeness (QED) is 0.709. The van der Waals surface area contributed by atoms with Crippen LogP contribution in [-0.4, -0.2) is 19.5 Å². The number of rotatable bonds is 4. The van der Waals surface area contributed by atoms with Crippen molar-refractivity contribution in [3.63, 3.8) is 0 Å². The third-order valence-corrected chi connectivity index (χ3v) is 6.45. The Morgan fingerprint density at radius 3 is 2.48 bits per heavy atom. The van der Waals surface area contributed by atoms with Crippen LogP contribution in [0.2, 0.25) is 0 Å². The number of fused-ring (bicyclic) bond motifs is 2. The monoisotopic (exact) mass is 381 g/mol. The Kier molecular flexibility index (Phi) is 4.36. The van der Waals surface area contributed by atoms with Crippen LogP contribution < -0.4 is 4.72 Å². The number of aryl methyl sites for hydroxylation is 1. The van der Waals surface area contributed by atoms with E-state index in [1.54, 1.807) is 24.3 Å². The van der Waals surface area contributed by atoms with E-state index in [0.29, 0.717) is 11.8 Å². The van der Waals surface area contributed by atoms with Gasteiger partial charge in [0.2, 0.25) is 0 Å². The summed E-state index contributed by atoms with van der Waals surface area (Å²) in [5, 5.41) is 11.1. The van der Waals surface area contributed by atoms with Gasteiger partial charge in [-0.1, -0.05) is 42.5 Å². The van der Waals surface area contributed by atoms with Crippen LogP contribution in [0.4, 0.5) is 5.69 Å². The zero-order valence-corrected chi connectivity index (χ0v) is 15.4. The van der Waals surface area contributed by atoms with E-state index in [4.69, 9.17) is 0 Å². The molecule has 0 spiro atoms. The molecule has 0 aliphatic heterocycles. The van der Waals surface area contributed by atoms with Crippen molar-refractivity contribution in [2.24, 2.45) is 0 Å². The van der Waals surface area contributed by atoms with Gasteiger partial charge in [0, 0.05) is 5.39 Å². The van der Waals surface area contributed by atoms with E-state index in [2.05, 4.69) is 4.72 Å². The largest absolute Gasteiger partial charge is 0.478 e. The molecule has 0 saturated heterocycles. The summed E-state index contributed by atoms with van der Waals surface area (Å²) in [4.78, 5) is 12.0. The maximum absolute atomic E-state index is 13.1. The van der Waals surface area contributed by atoms with Crippen molar-refractivity contribution in [2.45, 2.75) is 30.6 Å². The molecule has 0 unspecified atom stereocenters. The van der Waals surface area contributed by atoms with E-state index >= 15 is 0 Å². The molecule has 5 nitrogen and oxygen atoms in total. The number of anilines is 1. The van der Waals surface area contributed by atoms with Gasteiger partial charge in [-0.2, -0.15) is 0 Å². The van der Waals surface area contributed by atoms with Crippen LogP contribution in [0.1, 0.15) is 34.3 Å². The van der Waals surface area contributed by atoms with Gasteiger partial charge in [0.25, 0.3) is 10.0 Å². The molecular weight excluding hydrogens is 362 g/mol. The number of aromatic carboxylic acids is 1. The minimum atomic E-state index is -3.94. The summed E-state index contributed by atoms with van der Waals surface area (Å²) >= 11 is 0. The molecular formula is C21H19NO4S. The first-order chi connectivity index (χ1) is 13.0. The minimum Gasteiger partial charge on any atom is -0.478 e. The van der Waals surface area contributed by atoms with Gasteiger partial charge in [0.05, 0.1) is 16.1 Å². The molecule has 2 N–H and O–H groups in total. The topological polar surface area (TPSA) is 83.5 Å². The number of carbonyl (C=O) groups is 1. The first-order valence-corrected chi connectivity index (χ1v) is 10.3. The summed E-state index contributed by atoms with van der Waals surface area (Å²) in [5.41, 5.74) is 1.92. The Hall–Kier alpha value is -2.86. The normalized spacial score (nSPS) is 13.9. The average molecular weight is 381 g/mol. The molecule has 0 atom stereocenters. The summed E-state index contributed by atoms with van der Waals surface area (Å²) in [5.74, 6) is -1.11. The smallest absolute Gasteiger partial charge is 0.338 e. The van der Waals surface area contributed by atoms with Crippen molar-refractivity contribution in [1.82, 2.24) is 0 Å². The second-order valence-electron chi connectivity index (χ2n) is 6.72. The van der Waals surface area contributed by atoms with E-state index in [0.717, 1.165) is 35.8 Å². The molecule has 0 fully saturated rings. The lowest BCUT2D eigenvalue weighted by atomic mass is 9.87. The van der Waals surface area contributed by atoms with E-state index in [1.165, 1.54) is 6.07 Å². The van der Waals surface area contributed by atoms with Crippen LogP contribution in [0.15, 0.2) is 59.5 Å². The Labute approximate surface area is 157 Å². The Morgan fingerprint density at radius 2 is 1.67 bits per heavy atom. The maximum Gasteiger partial charge on any atom is 0.338 e. The number of hydrogen-bond acceptors (Lipinski definition) is 3. The van der Waals surface area contributed by atoms with E-state index in [9.17, 15) is 18.3 Å². The molecule has 0 radical (unpaired) electrons. The predicted octanol–water partition coefficient (Wildman–Crippen LogP) is 4.22. The molecule has 0 aromatic heterocycles. The molecule has 3 aromatic rings. The highest BCUT2D eigenvalue weighted by Crippen LogP contribution is 2.32. The number of hydrogen-bond donors (Lipinski definition) is 2. The van der Waals surface area contributed by atoms with E-state index in [1.807, 2.05) is 24.3 Å². The van der Waals surface area contributed by atoms with Gasteiger partial charge in [0.1, 0.15) is 0 Å². The molecule has 0 bridgehead atoms. The standard InChI is InChI=1S/C21H19NO4S/c23-21(24)20-17-10-4-2-7-15(17)12-13-18(20)22-27(25,26)19-11-5-8-14-6-1-3-9-16(14)19/h1,3,5-6,8-9,11-13,22H,2,4,7,10H2,(H,23,24). The van der Waals surface area contributed by atoms with Crippen molar-refractivity contribution in [3.8, 4) is 0 Å². The molecule has 6 heteroatoms.